The van der Waals surface area contributed by atoms with E-state index in [4.69, 9.17) is 9.47 Å². The molecule has 1 aromatic heterocycles. The Morgan fingerprint density at radius 2 is 2.00 bits per heavy atom. The molecular weight excluding hydrogens is 395 g/mol. The van der Waals surface area contributed by atoms with Gasteiger partial charge in [-0.3, -0.25) is 9.59 Å². The van der Waals surface area contributed by atoms with Crippen LogP contribution in [-0.2, 0) is 20.7 Å². The normalized spacial score (nSPS) is 11.9. The molecule has 0 unspecified atom stereocenters. The Labute approximate surface area is 171 Å². The second kappa shape index (κ2) is 9.00. The van der Waals surface area contributed by atoms with E-state index in [9.17, 15) is 14.0 Å². The van der Waals surface area contributed by atoms with E-state index >= 15 is 0 Å². The lowest BCUT2D eigenvalue weighted by atomic mass is 10.1. The van der Waals surface area contributed by atoms with Crippen molar-refractivity contribution >= 4 is 33.4 Å². The van der Waals surface area contributed by atoms with Crippen LogP contribution in [0.1, 0.15) is 23.5 Å². The molecule has 0 radical (unpaired) electrons. The first-order valence-corrected chi connectivity index (χ1v) is 9.80. The highest BCUT2D eigenvalue weighted by Gasteiger charge is 2.22. The predicted molar refractivity (Wildman–Crippen MR) is 108 cm³/mol. The van der Waals surface area contributed by atoms with Crippen molar-refractivity contribution in [3.8, 4) is 5.75 Å². The highest BCUT2D eigenvalue weighted by molar-refractivity contribution is 7.18. The summed E-state index contributed by atoms with van der Waals surface area (Å²) in [6.45, 7) is 1.49. The van der Waals surface area contributed by atoms with Crippen molar-refractivity contribution < 1.29 is 23.5 Å². The zero-order valence-corrected chi connectivity index (χ0v) is 17.2. The van der Waals surface area contributed by atoms with Gasteiger partial charge in [-0.1, -0.05) is 18.2 Å². The molecule has 0 bridgehead atoms. The molecule has 1 heterocycles. The SMILES string of the molecule is COc1ccc(CC(=O)OCC(=O)N(C)[C@@H](C)c2nc3ccccc3s2)cc1F. The summed E-state index contributed by atoms with van der Waals surface area (Å²) in [5, 5.41) is 0.807. The summed E-state index contributed by atoms with van der Waals surface area (Å²) in [7, 11) is 3.01. The van der Waals surface area contributed by atoms with Gasteiger partial charge in [0.25, 0.3) is 5.91 Å². The lowest BCUT2D eigenvalue weighted by Crippen LogP contribution is -2.33. The Bertz CT molecular complexity index is 1000. The van der Waals surface area contributed by atoms with Crippen molar-refractivity contribution in [2.24, 2.45) is 0 Å². The van der Waals surface area contributed by atoms with Gasteiger partial charge in [-0.25, -0.2) is 9.37 Å². The van der Waals surface area contributed by atoms with E-state index in [1.807, 2.05) is 31.2 Å². The summed E-state index contributed by atoms with van der Waals surface area (Å²) < 4.78 is 24.7. The van der Waals surface area contributed by atoms with Crippen LogP contribution in [0.3, 0.4) is 0 Å². The van der Waals surface area contributed by atoms with Crippen LogP contribution >= 0.6 is 11.3 Å². The van der Waals surface area contributed by atoms with Gasteiger partial charge in [0.05, 0.1) is 29.8 Å². The Morgan fingerprint density at radius 3 is 2.69 bits per heavy atom. The number of para-hydroxylation sites is 1. The van der Waals surface area contributed by atoms with Crippen LogP contribution < -0.4 is 4.74 Å². The molecule has 0 aliphatic rings. The number of hydrogen-bond donors (Lipinski definition) is 0. The van der Waals surface area contributed by atoms with Gasteiger partial charge in [-0.05, 0) is 36.8 Å². The highest BCUT2D eigenvalue weighted by Crippen LogP contribution is 2.28. The summed E-state index contributed by atoms with van der Waals surface area (Å²) in [5.74, 6) is -1.41. The number of halogens is 1. The number of fused-ring (bicyclic) bond motifs is 1. The molecule has 0 saturated carbocycles. The number of rotatable bonds is 7. The molecule has 152 valence electrons. The summed E-state index contributed by atoms with van der Waals surface area (Å²) in [6.07, 6.45) is -0.134. The minimum Gasteiger partial charge on any atom is -0.494 e. The molecule has 0 N–H and O–H groups in total. The lowest BCUT2D eigenvalue weighted by molar-refractivity contribution is -0.151. The molecule has 1 atom stereocenters. The quantitative estimate of drug-likeness (QED) is 0.549. The number of esters is 1. The van der Waals surface area contributed by atoms with Gasteiger partial charge in [0.15, 0.2) is 18.2 Å². The maximum absolute atomic E-state index is 13.7. The third-order valence-corrected chi connectivity index (χ3v) is 5.77. The lowest BCUT2D eigenvalue weighted by Gasteiger charge is -2.23. The second-order valence-electron chi connectivity index (χ2n) is 6.51. The van der Waals surface area contributed by atoms with Gasteiger partial charge in [-0.15, -0.1) is 11.3 Å². The van der Waals surface area contributed by atoms with Gasteiger partial charge in [-0.2, -0.15) is 0 Å². The molecule has 0 fully saturated rings. The van der Waals surface area contributed by atoms with Gasteiger partial charge in [0.2, 0.25) is 0 Å². The third kappa shape index (κ3) is 4.89. The number of thiazole rings is 1. The summed E-state index contributed by atoms with van der Waals surface area (Å²) in [6, 6.07) is 11.7. The largest absolute Gasteiger partial charge is 0.494 e. The van der Waals surface area contributed by atoms with E-state index < -0.39 is 11.8 Å². The first-order chi connectivity index (χ1) is 13.9. The van der Waals surface area contributed by atoms with E-state index in [1.54, 1.807) is 13.1 Å². The van der Waals surface area contributed by atoms with Crippen molar-refractivity contribution in [2.75, 3.05) is 20.8 Å². The number of carbonyl (C=O) groups excluding carboxylic acids is 2. The van der Waals surface area contributed by atoms with Crippen LogP contribution in [0.4, 0.5) is 4.39 Å². The minimum absolute atomic E-state index is 0.0998. The highest BCUT2D eigenvalue weighted by atomic mass is 32.1. The van der Waals surface area contributed by atoms with Gasteiger partial charge >= 0.3 is 5.97 Å². The van der Waals surface area contributed by atoms with Crippen molar-refractivity contribution in [1.29, 1.82) is 0 Å². The number of carbonyl (C=O) groups is 2. The molecular formula is C21H21FN2O4S. The number of amides is 1. The van der Waals surface area contributed by atoms with Crippen LogP contribution in [0.25, 0.3) is 10.2 Å². The minimum atomic E-state index is -0.607. The molecule has 1 amide bonds. The van der Waals surface area contributed by atoms with E-state index in [-0.39, 0.29) is 30.7 Å². The maximum Gasteiger partial charge on any atom is 0.310 e. The zero-order chi connectivity index (χ0) is 21.0. The maximum atomic E-state index is 13.7. The molecule has 6 nitrogen and oxygen atoms in total. The van der Waals surface area contributed by atoms with Crippen molar-refractivity contribution in [3.63, 3.8) is 0 Å². The zero-order valence-electron chi connectivity index (χ0n) is 16.3. The molecule has 0 spiro atoms. The number of methoxy groups -OCH3 is 1. The molecule has 0 aliphatic heterocycles. The molecule has 3 rings (SSSR count). The van der Waals surface area contributed by atoms with Crippen molar-refractivity contribution in [3.05, 3.63) is 58.9 Å². The van der Waals surface area contributed by atoms with Gasteiger partial charge in [0.1, 0.15) is 5.01 Å². The van der Waals surface area contributed by atoms with Crippen molar-refractivity contribution in [2.45, 2.75) is 19.4 Å². The fourth-order valence-corrected chi connectivity index (χ4v) is 3.79. The molecule has 0 aliphatic carbocycles. The molecule has 8 heteroatoms. The number of nitrogens with zero attached hydrogens (tertiary/aromatic N) is 2. The molecule has 0 saturated heterocycles. The number of likely N-dealkylation sites (N-methyl/N-ethyl adjacent to an activating group) is 1. The van der Waals surface area contributed by atoms with Crippen LogP contribution in [-0.4, -0.2) is 42.5 Å². The molecule has 3 aromatic rings. The van der Waals surface area contributed by atoms with Crippen LogP contribution in [0.2, 0.25) is 0 Å². The van der Waals surface area contributed by atoms with Crippen molar-refractivity contribution in [1.82, 2.24) is 9.88 Å². The Kier molecular flexibility index (Phi) is 6.43. The number of ether oxygens (including phenoxy) is 2. The Morgan fingerprint density at radius 1 is 1.24 bits per heavy atom. The monoisotopic (exact) mass is 416 g/mol. The second-order valence-corrected chi connectivity index (χ2v) is 7.57. The van der Waals surface area contributed by atoms with E-state index in [0.29, 0.717) is 5.56 Å². The molecule has 2 aromatic carbocycles. The van der Waals surface area contributed by atoms with E-state index in [2.05, 4.69) is 4.98 Å². The van der Waals surface area contributed by atoms with Crippen LogP contribution in [0.15, 0.2) is 42.5 Å². The smallest absolute Gasteiger partial charge is 0.310 e. The summed E-state index contributed by atoms with van der Waals surface area (Å²) >= 11 is 1.52. The summed E-state index contributed by atoms with van der Waals surface area (Å²) in [4.78, 5) is 30.5. The number of aromatic nitrogens is 1. The third-order valence-electron chi connectivity index (χ3n) is 4.56. The predicted octanol–water partition coefficient (Wildman–Crippen LogP) is 3.75. The van der Waals surface area contributed by atoms with Crippen LogP contribution in [0, 0.1) is 5.82 Å². The van der Waals surface area contributed by atoms with Crippen LogP contribution in [0.5, 0.6) is 5.75 Å². The van der Waals surface area contributed by atoms with Gasteiger partial charge in [0, 0.05) is 7.05 Å². The average molecular weight is 416 g/mol. The fourth-order valence-electron chi connectivity index (χ4n) is 2.73. The summed E-state index contributed by atoms with van der Waals surface area (Å²) in [5.41, 5.74) is 1.33. The average Bonchev–Trinajstić information content (AvgIpc) is 3.15. The first kappa shape index (κ1) is 20.7. The van der Waals surface area contributed by atoms with E-state index in [1.165, 1.54) is 35.5 Å². The number of hydrogen-bond acceptors (Lipinski definition) is 6. The molecule has 29 heavy (non-hydrogen) atoms. The van der Waals surface area contributed by atoms with E-state index in [0.717, 1.165) is 15.2 Å². The van der Waals surface area contributed by atoms with Gasteiger partial charge < -0.3 is 14.4 Å². The Hall–Kier alpha value is -3.00. The Balaban J connectivity index is 1.55. The fraction of sp³-hybridized carbons (Fsp3) is 0.286. The first-order valence-electron chi connectivity index (χ1n) is 8.98. The topological polar surface area (TPSA) is 68.7 Å². The standard InChI is InChI=1S/C21H21FN2O4S/c1-13(21-23-16-6-4-5-7-18(16)29-21)24(2)19(25)12-28-20(26)11-14-8-9-17(27-3)15(22)10-14/h4-10,13H,11-12H2,1-3H3/t13-/m0/s1. The number of benzene rings is 2.